The van der Waals surface area contributed by atoms with Crippen LogP contribution in [-0.2, 0) is 0 Å². The van der Waals surface area contributed by atoms with E-state index in [0.717, 1.165) is 43.9 Å². The molecule has 1 unspecified atom stereocenters. The van der Waals surface area contributed by atoms with Crippen molar-refractivity contribution in [2.75, 3.05) is 19.9 Å². The number of allylic oxidation sites excluding steroid dienone is 1. The van der Waals surface area contributed by atoms with E-state index >= 15 is 0 Å². The van der Waals surface area contributed by atoms with Crippen molar-refractivity contribution < 1.29 is 19.4 Å². The average molecular weight is 316 g/mol. The lowest BCUT2D eigenvalue weighted by atomic mass is 9.88. The van der Waals surface area contributed by atoms with Gasteiger partial charge in [-0.2, -0.15) is 0 Å². The van der Waals surface area contributed by atoms with Gasteiger partial charge in [-0.1, -0.05) is 12.1 Å². The molecule has 1 atom stereocenters. The van der Waals surface area contributed by atoms with Crippen LogP contribution in [-0.4, -0.2) is 48.1 Å². The molecule has 1 saturated heterocycles. The number of benzene rings is 1. The minimum atomic E-state index is -0.928. The van der Waals surface area contributed by atoms with Crippen LogP contribution >= 0.6 is 0 Å². The first-order chi connectivity index (χ1) is 11.2. The molecular formula is C17H20N2O4. The van der Waals surface area contributed by atoms with Crippen LogP contribution in [0.1, 0.15) is 24.8 Å². The molecule has 0 bridgehead atoms. The Morgan fingerprint density at radius 3 is 2.83 bits per heavy atom. The van der Waals surface area contributed by atoms with Gasteiger partial charge in [-0.25, -0.2) is 4.79 Å². The Morgan fingerprint density at radius 1 is 1.26 bits per heavy atom. The van der Waals surface area contributed by atoms with Gasteiger partial charge in [-0.05, 0) is 42.5 Å². The molecule has 4 rings (SSSR count). The van der Waals surface area contributed by atoms with Crippen LogP contribution in [0, 0.1) is 0 Å². The molecule has 3 aliphatic rings. The van der Waals surface area contributed by atoms with Gasteiger partial charge in [0.1, 0.15) is 0 Å². The van der Waals surface area contributed by atoms with Crippen LogP contribution in [0.4, 0.5) is 4.79 Å². The molecule has 0 spiro atoms. The molecule has 2 heterocycles. The zero-order valence-corrected chi connectivity index (χ0v) is 12.8. The van der Waals surface area contributed by atoms with Crippen molar-refractivity contribution in [1.82, 2.24) is 10.2 Å². The highest BCUT2D eigenvalue weighted by Crippen LogP contribution is 2.37. The molecule has 2 N–H and O–H groups in total. The second-order valence-electron chi connectivity index (χ2n) is 6.33. The lowest BCUT2D eigenvalue weighted by Crippen LogP contribution is -2.62. The number of hydrogen-bond acceptors (Lipinski definition) is 4. The molecule has 1 aromatic carbocycles. The fourth-order valence-corrected chi connectivity index (χ4v) is 3.59. The largest absolute Gasteiger partial charge is 0.465 e. The molecule has 1 amide bonds. The first-order valence-corrected chi connectivity index (χ1v) is 8.01. The minimum Gasteiger partial charge on any atom is -0.465 e. The molecule has 1 aromatic rings. The number of amides is 1. The number of carbonyl (C=O) groups is 1. The normalized spacial score (nSPS) is 24.0. The summed E-state index contributed by atoms with van der Waals surface area (Å²) in [5.74, 6) is 1.65. The summed E-state index contributed by atoms with van der Waals surface area (Å²) >= 11 is 0. The van der Waals surface area contributed by atoms with Crippen molar-refractivity contribution >= 4 is 11.7 Å². The predicted octanol–water partition coefficient (Wildman–Crippen LogP) is 2.30. The number of nitrogens with zero attached hydrogens (tertiary/aromatic N) is 1. The Morgan fingerprint density at radius 2 is 2.09 bits per heavy atom. The maximum Gasteiger partial charge on any atom is 0.404 e. The van der Waals surface area contributed by atoms with Crippen molar-refractivity contribution in [1.29, 1.82) is 0 Å². The van der Waals surface area contributed by atoms with Crippen molar-refractivity contribution in [3.63, 3.8) is 0 Å². The van der Waals surface area contributed by atoms with Crippen LogP contribution in [0.25, 0.3) is 5.57 Å². The van der Waals surface area contributed by atoms with Crippen molar-refractivity contribution in [2.24, 2.45) is 0 Å². The SMILES string of the molecule is O=C(O)NC1CN(C2CC=C(c3ccc4c(c3)OCO4)CC2)C1. The third-order valence-corrected chi connectivity index (χ3v) is 4.88. The fourth-order valence-electron chi connectivity index (χ4n) is 3.59. The first-order valence-electron chi connectivity index (χ1n) is 8.01. The van der Waals surface area contributed by atoms with E-state index in [1.807, 2.05) is 6.07 Å². The summed E-state index contributed by atoms with van der Waals surface area (Å²) in [5, 5.41) is 11.3. The molecule has 0 aromatic heterocycles. The standard InChI is InChI=1S/C17H20N2O4/c20-17(21)18-13-8-19(9-13)14-4-1-11(2-5-14)12-3-6-15-16(7-12)23-10-22-15/h1,3,6-7,13-14,18H,2,4-5,8-10H2,(H,20,21). The molecule has 6 nitrogen and oxygen atoms in total. The van der Waals surface area contributed by atoms with Gasteiger partial charge in [0.25, 0.3) is 0 Å². The van der Waals surface area contributed by atoms with E-state index in [4.69, 9.17) is 14.6 Å². The van der Waals surface area contributed by atoms with Gasteiger partial charge in [0.2, 0.25) is 6.79 Å². The molecule has 6 heteroatoms. The van der Waals surface area contributed by atoms with E-state index in [1.165, 1.54) is 11.1 Å². The maximum atomic E-state index is 10.6. The molecule has 23 heavy (non-hydrogen) atoms. The smallest absolute Gasteiger partial charge is 0.404 e. The second-order valence-corrected chi connectivity index (χ2v) is 6.33. The number of fused-ring (bicyclic) bond motifs is 1. The molecular weight excluding hydrogens is 296 g/mol. The van der Waals surface area contributed by atoms with Crippen molar-refractivity contribution in [2.45, 2.75) is 31.3 Å². The lowest BCUT2D eigenvalue weighted by Gasteiger charge is -2.45. The zero-order valence-electron chi connectivity index (χ0n) is 12.8. The third kappa shape index (κ3) is 2.86. The highest BCUT2D eigenvalue weighted by Gasteiger charge is 2.33. The van der Waals surface area contributed by atoms with Gasteiger partial charge in [-0.3, -0.25) is 4.90 Å². The summed E-state index contributed by atoms with van der Waals surface area (Å²) in [4.78, 5) is 13.0. The van der Waals surface area contributed by atoms with Crippen LogP contribution < -0.4 is 14.8 Å². The quantitative estimate of drug-likeness (QED) is 0.895. The Labute approximate surface area is 134 Å². The number of ether oxygens (including phenoxy) is 2. The Bertz CT molecular complexity index is 652. The van der Waals surface area contributed by atoms with E-state index in [1.54, 1.807) is 0 Å². The number of rotatable bonds is 3. The first kappa shape index (κ1) is 14.4. The molecule has 122 valence electrons. The van der Waals surface area contributed by atoms with Crippen molar-refractivity contribution in [3.05, 3.63) is 29.8 Å². The van der Waals surface area contributed by atoms with Crippen LogP contribution in [0.2, 0.25) is 0 Å². The summed E-state index contributed by atoms with van der Waals surface area (Å²) < 4.78 is 10.8. The summed E-state index contributed by atoms with van der Waals surface area (Å²) in [7, 11) is 0. The zero-order chi connectivity index (χ0) is 15.8. The number of likely N-dealkylation sites (tertiary alicyclic amines) is 1. The van der Waals surface area contributed by atoms with E-state index in [-0.39, 0.29) is 6.04 Å². The minimum absolute atomic E-state index is 0.0896. The van der Waals surface area contributed by atoms with E-state index in [2.05, 4.69) is 28.4 Å². The third-order valence-electron chi connectivity index (χ3n) is 4.88. The number of carboxylic acid groups (broad SMARTS) is 1. The van der Waals surface area contributed by atoms with Gasteiger partial charge in [0.05, 0.1) is 6.04 Å². The van der Waals surface area contributed by atoms with Gasteiger partial charge in [0, 0.05) is 19.1 Å². The van der Waals surface area contributed by atoms with Crippen molar-refractivity contribution in [3.8, 4) is 11.5 Å². The Kier molecular flexibility index (Phi) is 3.61. The predicted molar refractivity (Wildman–Crippen MR) is 84.7 cm³/mol. The van der Waals surface area contributed by atoms with E-state index < -0.39 is 6.09 Å². The average Bonchev–Trinajstić information content (AvgIpc) is 2.98. The Hall–Kier alpha value is -2.21. The number of nitrogens with one attached hydrogen (secondary N) is 1. The second kappa shape index (κ2) is 5.77. The van der Waals surface area contributed by atoms with Gasteiger partial charge in [0.15, 0.2) is 11.5 Å². The molecule has 0 saturated carbocycles. The molecule has 2 aliphatic heterocycles. The number of hydrogen-bond donors (Lipinski definition) is 2. The molecule has 1 fully saturated rings. The molecule has 0 radical (unpaired) electrons. The van der Waals surface area contributed by atoms with Crippen LogP contribution in [0.15, 0.2) is 24.3 Å². The van der Waals surface area contributed by atoms with E-state index in [9.17, 15) is 4.79 Å². The summed E-state index contributed by atoms with van der Waals surface area (Å²) in [5.41, 5.74) is 2.57. The van der Waals surface area contributed by atoms with E-state index in [0.29, 0.717) is 12.8 Å². The highest BCUT2D eigenvalue weighted by molar-refractivity contribution is 5.69. The summed E-state index contributed by atoms with van der Waals surface area (Å²) in [6, 6.07) is 6.75. The Balaban J connectivity index is 1.36. The van der Waals surface area contributed by atoms with Gasteiger partial charge < -0.3 is 19.9 Å². The monoisotopic (exact) mass is 316 g/mol. The molecule has 1 aliphatic carbocycles. The fraction of sp³-hybridized carbons (Fsp3) is 0.471. The van der Waals surface area contributed by atoms with Gasteiger partial charge >= 0.3 is 6.09 Å². The van der Waals surface area contributed by atoms with Gasteiger partial charge in [-0.15, -0.1) is 0 Å². The lowest BCUT2D eigenvalue weighted by molar-refractivity contribution is 0.0702. The van der Waals surface area contributed by atoms with Crippen LogP contribution in [0.5, 0.6) is 11.5 Å². The highest BCUT2D eigenvalue weighted by atomic mass is 16.7. The summed E-state index contributed by atoms with van der Waals surface area (Å²) in [6.45, 7) is 1.95. The topological polar surface area (TPSA) is 71.0 Å². The summed E-state index contributed by atoms with van der Waals surface area (Å²) in [6.07, 6.45) is 4.55. The maximum absolute atomic E-state index is 10.6. The van der Waals surface area contributed by atoms with Crippen LogP contribution in [0.3, 0.4) is 0 Å².